The van der Waals surface area contributed by atoms with Crippen molar-refractivity contribution in [1.29, 1.82) is 0 Å². The zero-order valence-electron chi connectivity index (χ0n) is 9.76. The molecule has 1 rings (SSSR count). The predicted molar refractivity (Wildman–Crippen MR) is 60.7 cm³/mol. The van der Waals surface area contributed by atoms with E-state index in [0.29, 0.717) is 19.6 Å². The predicted octanol–water partition coefficient (Wildman–Crippen LogP) is 2.25. The highest BCUT2D eigenvalue weighted by atomic mass is 16.5. The van der Waals surface area contributed by atoms with Gasteiger partial charge in [0.2, 0.25) is 5.91 Å². The van der Waals surface area contributed by atoms with Gasteiger partial charge in [-0.05, 0) is 6.42 Å². The summed E-state index contributed by atoms with van der Waals surface area (Å²) in [5.74, 6) is 0.193. The topological polar surface area (TPSA) is 38.3 Å². The molecule has 88 valence electrons. The summed E-state index contributed by atoms with van der Waals surface area (Å²) >= 11 is 0. The van der Waals surface area contributed by atoms with E-state index in [4.69, 9.17) is 4.74 Å². The molecular weight excluding hydrogens is 190 g/mol. The number of nitrogens with one attached hydrogen (secondary N) is 1. The van der Waals surface area contributed by atoms with Crippen LogP contribution in [0.1, 0.15) is 51.9 Å². The van der Waals surface area contributed by atoms with Crippen LogP contribution in [0.15, 0.2) is 0 Å². The van der Waals surface area contributed by atoms with Crippen LogP contribution in [0, 0.1) is 0 Å². The first-order chi connectivity index (χ1) is 7.33. The molecular formula is C12H23NO2. The fraction of sp³-hybridized carbons (Fsp3) is 0.917. The second-order valence-corrected chi connectivity index (χ2v) is 4.32. The van der Waals surface area contributed by atoms with Gasteiger partial charge in [0.25, 0.3) is 0 Å². The fourth-order valence-corrected chi connectivity index (χ4v) is 1.68. The van der Waals surface area contributed by atoms with Gasteiger partial charge in [-0.3, -0.25) is 4.79 Å². The van der Waals surface area contributed by atoms with Crippen LogP contribution in [-0.2, 0) is 9.53 Å². The van der Waals surface area contributed by atoms with Crippen LogP contribution in [-0.4, -0.2) is 25.2 Å². The molecule has 0 aromatic heterocycles. The van der Waals surface area contributed by atoms with Crippen LogP contribution in [0.4, 0.5) is 0 Å². The molecule has 1 saturated heterocycles. The van der Waals surface area contributed by atoms with E-state index in [1.807, 2.05) is 0 Å². The first kappa shape index (κ1) is 12.5. The summed E-state index contributed by atoms with van der Waals surface area (Å²) in [7, 11) is 0. The molecule has 0 bridgehead atoms. The number of rotatable bonds is 8. The van der Waals surface area contributed by atoms with Crippen molar-refractivity contribution in [3.8, 4) is 0 Å². The van der Waals surface area contributed by atoms with E-state index < -0.39 is 0 Å². The lowest BCUT2D eigenvalue weighted by molar-refractivity contribution is -0.125. The van der Waals surface area contributed by atoms with Crippen LogP contribution in [0.5, 0.6) is 0 Å². The lowest BCUT2D eigenvalue weighted by Crippen LogP contribution is -2.48. The second-order valence-electron chi connectivity index (χ2n) is 4.32. The number of unbranched alkanes of at least 4 members (excludes halogenated alkanes) is 5. The molecule has 1 N–H and O–H groups in total. The maximum absolute atomic E-state index is 11.4. The number of carbonyl (C=O) groups excluding carboxylic acids is 1. The van der Waals surface area contributed by atoms with Crippen LogP contribution in [0.3, 0.4) is 0 Å². The molecule has 0 aromatic rings. The molecule has 0 aromatic carbocycles. The fourth-order valence-electron chi connectivity index (χ4n) is 1.68. The normalized spacial score (nSPS) is 16.1. The van der Waals surface area contributed by atoms with Gasteiger partial charge in [0.15, 0.2) is 0 Å². The van der Waals surface area contributed by atoms with E-state index in [0.717, 1.165) is 6.42 Å². The Balaban J connectivity index is 1.83. The second kappa shape index (κ2) is 7.69. The third-order valence-electron chi connectivity index (χ3n) is 2.76. The molecule has 3 nitrogen and oxygen atoms in total. The molecule has 3 heteroatoms. The van der Waals surface area contributed by atoms with Gasteiger partial charge in [-0.15, -0.1) is 0 Å². The molecule has 1 heterocycles. The summed E-state index contributed by atoms with van der Waals surface area (Å²) < 4.78 is 4.99. The molecule has 0 spiro atoms. The average Bonchev–Trinajstić information content (AvgIpc) is 2.17. The van der Waals surface area contributed by atoms with Crippen molar-refractivity contribution in [2.45, 2.75) is 57.9 Å². The standard InChI is InChI=1S/C12H23NO2/c1-2-3-4-5-6-7-8-12(14)13-11-9-15-10-11/h11H,2-10H2,1H3,(H,13,14). The van der Waals surface area contributed by atoms with Crippen molar-refractivity contribution in [2.24, 2.45) is 0 Å². The van der Waals surface area contributed by atoms with Gasteiger partial charge < -0.3 is 10.1 Å². The zero-order chi connectivity index (χ0) is 10.9. The quantitative estimate of drug-likeness (QED) is 0.628. The third kappa shape index (κ3) is 5.78. The number of amides is 1. The van der Waals surface area contributed by atoms with Crippen LogP contribution in [0.2, 0.25) is 0 Å². The summed E-state index contributed by atoms with van der Waals surface area (Å²) in [6.45, 7) is 3.61. The Morgan fingerprint density at radius 3 is 2.47 bits per heavy atom. The van der Waals surface area contributed by atoms with Crippen molar-refractivity contribution in [1.82, 2.24) is 5.32 Å². The summed E-state index contributed by atoms with van der Waals surface area (Å²) in [4.78, 5) is 11.4. The van der Waals surface area contributed by atoms with Crippen molar-refractivity contribution < 1.29 is 9.53 Å². The summed E-state index contributed by atoms with van der Waals surface area (Å²) in [5, 5.41) is 2.95. The zero-order valence-corrected chi connectivity index (χ0v) is 9.76. The number of hydrogen-bond acceptors (Lipinski definition) is 2. The monoisotopic (exact) mass is 213 g/mol. The lowest BCUT2D eigenvalue weighted by Gasteiger charge is -2.26. The molecule has 0 saturated carbocycles. The van der Waals surface area contributed by atoms with E-state index in [1.54, 1.807) is 0 Å². The van der Waals surface area contributed by atoms with Gasteiger partial charge in [0, 0.05) is 6.42 Å². The van der Waals surface area contributed by atoms with E-state index in [-0.39, 0.29) is 11.9 Å². The maximum Gasteiger partial charge on any atom is 0.220 e. The Kier molecular flexibility index (Phi) is 6.41. The van der Waals surface area contributed by atoms with Crippen molar-refractivity contribution >= 4 is 5.91 Å². The minimum absolute atomic E-state index is 0.193. The number of hydrogen-bond donors (Lipinski definition) is 1. The Morgan fingerprint density at radius 2 is 1.87 bits per heavy atom. The molecule has 1 aliphatic rings. The highest BCUT2D eigenvalue weighted by Crippen LogP contribution is 2.07. The van der Waals surface area contributed by atoms with Gasteiger partial charge in [0.1, 0.15) is 0 Å². The molecule has 0 radical (unpaired) electrons. The minimum atomic E-state index is 0.193. The SMILES string of the molecule is CCCCCCCCC(=O)NC1COC1. The molecule has 1 aliphatic heterocycles. The molecule has 0 atom stereocenters. The van der Waals surface area contributed by atoms with E-state index in [1.165, 1.54) is 32.1 Å². The largest absolute Gasteiger partial charge is 0.377 e. The van der Waals surface area contributed by atoms with E-state index >= 15 is 0 Å². The van der Waals surface area contributed by atoms with Gasteiger partial charge in [-0.1, -0.05) is 39.0 Å². The van der Waals surface area contributed by atoms with E-state index in [9.17, 15) is 4.79 Å². The Labute approximate surface area is 92.6 Å². The van der Waals surface area contributed by atoms with Crippen LogP contribution >= 0.6 is 0 Å². The first-order valence-corrected chi connectivity index (χ1v) is 6.20. The summed E-state index contributed by atoms with van der Waals surface area (Å²) in [6.07, 6.45) is 8.09. The number of ether oxygens (including phenoxy) is 1. The molecule has 1 fully saturated rings. The van der Waals surface area contributed by atoms with Crippen molar-refractivity contribution in [3.63, 3.8) is 0 Å². The van der Waals surface area contributed by atoms with Crippen LogP contribution < -0.4 is 5.32 Å². The summed E-state index contributed by atoms with van der Waals surface area (Å²) in [6, 6.07) is 0.289. The van der Waals surface area contributed by atoms with Gasteiger partial charge in [-0.25, -0.2) is 0 Å². The molecule has 15 heavy (non-hydrogen) atoms. The minimum Gasteiger partial charge on any atom is -0.377 e. The molecule has 1 amide bonds. The van der Waals surface area contributed by atoms with Crippen molar-refractivity contribution in [2.75, 3.05) is 13.2 Å². The highest BCUT2D eigenvalue weighted by Gasteiger charge is 2.19. The molecule has 0 aliphatic carbocycles. The Morgan fingerprint density at radius 1 is 1.20 bits per heavy atom. The van der Waals surface area contributed by atoms with Gasteiger partial charge in [0.05, 0.1) is 19.3 Å². The van der Waals surface area contributed by atoms with Crippen molar-refractivity contribution in [3.05, 3.63) is 0 Å². The maximum atomic E-state index is 11.4. The molecule has 0 unspecified atom stereocenters. The van der Waals surface area contributed by atoms with E-state index in [2.05, 4.69) is 12.2 Å². The number of carbonyl (C=O) groups is 1. The Hall–Kier alpha value is -0.570. The highest BCUT2D eigenvalue weighted by molar-refractivity contribution is 5.76. The third-order valence-corrected chi connectivity index (χ3v) is 2.76. The first-order valence-electron chi connectivity index (χ1n) is 6.20. The average molecular weight is 213 g/mol. The Bertz CT molecular complexity index is 178. The smallest absolute Gasteiger partial charge is 0.220 e. The van der Waals surface area contributed by atoms with Gasteiger partial charge in [-0.2, -0.15) is 0 Å². The van der Waals surface area contributed by atoms with Gasteiger partial charge >= 0.3 is 0 Å². The lowest BCUT2D eigenvalue weighted by atomic mass is 10.1. The van der Waals surface area contributed by atoms with Crippen LogP contribution in [0.25, 0.3) is 0 Å². The summed E-state index contributed by atoms with van der Waals surface area (Å²) in [5.41, 5.74) is 0.